The molecule has 3 rings (SSSR count). The van der Waals surface area contributed by atoms with Gasteiger partial charge in [0.05, 0.1) is 11.7 Å². The van der Waals surface area contributed by atoms with Crippen LogP contribution in [-0.2, 0) is 0 Å². The zero-order valence-corrected chi connectivity index (χ0v) is 15.8. The van der Waals surface area contributed by atoms with Crippen LogP contribution >= 0.6 is 0 Å². The van der Waals surface area contributed by atoms with E-state index in [1.165, 1.54) is 5.56 Å². The van der Waals surface area contributed by atoms with Crippen molar-refractivity contribution in [3.63, 3.8) is 0 Å². The summed E-state index contributed by atoms with van der Waals surface area (Å²) in [5.74, 6) is -0.0702. The summed E-state index contributed by atoms with van der Waals surface area (Å²) in [5, 5.41) is 8.65. The molecule has 0 aliphatic heterocycles. The van der Waals surface area contributed by atoms with Crippen LogP contribution in [-0.4, -0.2) is 27.2 Å². The molecule has 0 fully saturated rings. The fourth-order valence-electron chi connectivity index (χ4n) is 3.52. The van der Waals surface area contributed by atoms with Crippen LogP contribution in [0.3, 0.4) is 0 Å². The number of aromatic amines is 1. The molecular formula is C20H26N4O. The summed E-state index contributed by atoms with van der Waals surface area (Å²) in [6.45, 7) is 12.8. The van der Waals surface area contributed by atoms with E-state index in [0.717, 1.165) is 33.4 Å². The Kier molecular flexibility index (Phi) is 4.41. The van der Waals surface area contributed by atoms with Gasteiger partial charge in [0.2, 0.25) is 0 Å². The largest absolute Gasteiger partial charge is 0.350 e. The zero-order chi connectivity index (χ0) is 18.3. The first-order valence-corrected chi connectivity index (χ1v) is 8.68. The van der Waals surface area contributed by atoms with E-state index in [2.05, 4.69) is 48.3 Å². The predicted molar refractivity (Wildman–Crippen MR) is 101 cm³/mol. The molecule has 5 heteroatoms. The first kappa shape index (κ1) is 17.3. The van der Waals surface area contributed by atoms with Crippen LogP contribution in [0.25, 0.3) is 10.9 Å². The van der Waals surface area contributed by atoms with Gasteiger partial charge in [0.15, 0.2) is 0 Å². The normalized spacial score (nSPS) is 12.6. The monoisotopic (exact) mass is 338 g/mol. The van der Waals surface area contributed by atoms with Crippen LogP contribution in [0.1, 0.15) is 51.5 Å². The maximum Gasteiger partial charge on any atom is 0.268 e. The number of nitrogens with zero attached hydrogens (tertiary/aromatic N) is 2. The molecule has 2 aromatic heterocycles. The molecule has 0 spiro atoms. The van der Waals surface area contributed by atoms with Crippen molar-refractivity contribution >= 4 is 16.8 Å². The minimum absolute atomic E-state index is 0.0702. The molecule has 0 saturated heterocycles. The first-order valence-electron chi connectivity index (χ1n) is 8.68. The summed E-state index contributed by atoms with van der Waals surface area (Å²) in [6, 6.07) is 6.41. The number of aromatic nitrogens is 3. The van der Waals surface area contributed by atoms with Crippen molar-refractivity contribution in [1.29, 1.82) is 0 Å². The Balaban J connectivity index is 1.80. The van der Waals surface area contributed by atoms with Gasteiger partial charge in [0.1, 0.15) is 5.69 Å². The topological polar surface area (TPSA) is 62.7 Å². The minimum atomic E-state index is -0.0702. The van der Waals surface area contributed by atoms with Crippen LogP contribution in [0.5, 0.6) is 0 Å². The number of hydrogen-bond acceptors (Lipinski definition) is 2. The highest BCUT2D eigenvalue weighted by atomic mass is 16.1. The summed E-state index contributed by atoms with van der Waals surface area (Å²) in [7, 11) is 0. The number of aryl methyl sites for hydroxylation is 5. The molecule has 1 aromatic carbocycles. The van der Waals surface area contributed by atoms with E-state index in [4.69, 9.17) is 0 Å². The van der Waals surface area contributed by atoms with Gasteiger partial charge in [-0.3, -0.25) is 9.48 Å². The molecule has 132 valence electrons. The van der Waals surface area contributed by atoms with Crippen molar-refractivity contribution in [2.24, 2.45) is 0 Å². The highest BCUT2D eigenvalue weighted by Crippen LogP contribution is 2.26. The second kappa shape index (κ2) is 6.39. The van der Waals surface area contributed by atoms with Crippen LogP contribution in [0, 0.1) is 34.6 Å². The lowest BCUT2D eigenvalue weighted by Crippen LogP contribution is -2.31. The van der Waals surface area contributed by atoms with Crippen molar-refractivity contribution in [1.82, 2.24) is 20.1 Å². The Labute approximate surface area is 148 Å². The average Bonchev–Trinajstić information content (AvgIpc) is 3.05. The molecule has 0 aliphatic rings. The number of rotatable bonds is 4. The van der Waals surface area contributed by atoms with E-state index in [1.807, 2.05) is 31.5 Å². The van der Waals surface area contributed by atoms with Crippen LogP contribution in [0.2, 0.25) is 0 Å². The van der Waals surface area contributed by atoms with Gasteiger partial charge < -0.3 is 10.3 Å². The second-order valence-electron chi connectivity index (χ2n) is 7.06. The highest BCUT2D eigenvalue weighted by Gasteiger charge is 2.17. The highest BCUT2D eigenvalue weighted by molar-refractivity contribution is 6.01. The number of fused-ring (bicyclic) bond motifs is 1. The van der Waals surface area contributed by atoms with Crippen molar-refractivity contribution in [2.75, 3.05) is 6.54 Å². The fourth-order valence-corrected chi connectivity index (χ4v) is 3.52. The number of H-pyrrole nitrogens is 1. The number of hydrogen-bond donors (Lipinski definition) is 2. The third kappa shape index (κ3) is 3.18. The van der Waals surface area contributed by atoms with Gasteiger partial charge in [-0.05, 0) is 64.8 Å². The molecular weight excluding hydrogens is 312 g/mol. The molecule has 0 aliphatic carbocycles. The third-order valence-electron chi connectivity index (χ3n) is 4.76. The van der Waals surface area contributed by atoms with Gasteiger partial charge in [-0.1, -0.05) is 11.6 Å². The van der Waals surface area contributed by atoms with Crippen LogP contribution < -0.4 is 5.32 Å². The molecule has 5 nitrogen and oxygen atoms in total. The smallest absolute Gasteiger partial charge is 0.268 e. The Bertz CT molecular complexity index is 948. The summed E-state index contributed by atoms with van der Waals surface area (Å²) < 4.78 is 1.96. The molecule has 0 bridgehead atoms. The third-order valence-corrected chi connectivity index (χ3v) is 4.76. The lowest BCUT2D eigenvalue weighted by atomic mass is 10.1. The Hall–Kier alpha value is -2.56. The standard InChI is InChI=1S/C20H26N4O/c1-11-7-12(2)18-17(8-11)16(6)19(22-18)20(25)21-10-15(5)24-14(4)9-13(3)23-24/h7-9,15,22H,10H2,1-6H3,(H,21,25)/t15-/m1/s1. The van der Waals surface area contributed by atoms with Gasteiger partial charge in [-0.15, -0.1) is 0 Å². The molecule has 3 aromatic rings. The lowest BCUT2D eigenvalue weighted by molar-refractivity contribution is 0.0943. The Morgan fingerprint density at radius 3 is 2.56 bits per heavy atom. The second-order valence-corrected chi connectivity index (χ2v) is 7.06. The van der Waals surface area contributed by atoms with E-state index in [-0.39, 0.29) is 11.9 Å². The molecule has 1 amide bonds. The maximum absolute atomic E-state index is 12.7. The van der Waals surface area contributed by atoms with Crippen molar-refractivity contribution < 1.29 is 4.79 Å². The Morgan fingerprint density at radius 1 is 1.20 bits per heavy atom. The van der Waals surface area contributed by atoms with Crippen molar-refractivity contribution in [3.05, 3.63) is 52.0 Å². The Morgan fingerprint density at radius 2 is 1.92 bits per heavy atom. The van der Waals surface area contributed by atoms with Crippen LogP contribution in [0.4, 0.5) is 0 Å². The number of carbonyl (C=O) groups excluding carboxylic acids is 1. The predicted octanol–water partition coefficient (Wildman–Crippen LogP) is 3.90. The van der Waals surface area contributed by atoms with Crippen LogP contribution in [0.15, 0.2) is 18.2 Å². The molecule has 0 unspecified atom stereocenters. The molecule has 0 radical (unpaired) electrons. The molecule has 1 atom stereocenters. The quantitative estimate of drug-likeness (QED) is 0.758. The van der Waals surface area contributed by atoms with Gasteiger partial charge in [0.25, 0.3) is 5.91 Å². The molecule has 25 heavy (non-hydrogen) atoms. The van der Waals surface area contributed by atoms with Gasteiger partial charge in [0, 0.05) is 23.1 Å². The van der Waals surface area contributed by atoms with E-state index >= 15 is 0 Å². The molecule has 2 N–H and O–H groups in total. The van der Waals surface area contributed by atoms with Gasteiger partial charge in [-0.25, -0.2) is 0 Å². The minimum Gasteiger partial charge on any atom is -0.350 e. The summed E-state index contributed by atoms with van der Waals surface area (Å²) in [6.07, 6.45) is 0. The van der Waals surface area contributed by atoms with E-state index in [9.17, 15) is 4.79 Å². The number of nitrogens with one attached hydrogen (secondary N) is 2. The van der Waals surface area contributed by atoms with E-state index in [0.29, 0.717) is 12.2 Å². The molecule has 0 saturated carbocycles. The van der Waals surface area contributed by atoms with Crippen molar-refractivity contribution in [2.45, 2.75) is 47.6 Å². The first-order chi connectivity index (χ1) is 11.8. The van der Waals surface area contributed by atoms with E-state index in [1.54, 1.807) is 0 Å². The number of amides is 1. The summed E-state index contributed by atoms with van der Waals surface area (Å²) in [4.78, 5) is 16.0. The van der Waals surface area contributed by atoms with Gasteiger partial charge in [-0.2, -0.15) is 5.10 Å². The average molecular weight is 338 g/mol. The lowest BCUT2D eigenvalue weighted by Gasteiger charge is -2.15. The maximum atomic E-state index is 12.7. The number of benzene rings is 1. The summed E-state index contributed by atoms with van der Waals surface area (Å²) >= 11 is 0. The van der Waals surface area contributed by atoms with Crippen molar-refractivity contribution in [3.8, 4) is 0 Å². The fraction of sp³-hybridized carbons (Fsp3) is 0.400. The van der Waals surface area contributed by atoms with Gasteiger partial charge >= 0.3 is 0 Å². The number of carbonyl (C=O) groups is 1. The SMILES string of the molecule is Cc1cc(C)c2[nH]c(C(=O)NC[C@@H](C)n3nc(C)cc3C)c(C)c2c1. The molecule has 2 heterocycles. The zero-order valence-electron chi connectivity index (χ0n) is 15.8. The summed E-state index contributed by atoms with van der Waals surface area (Å²) in [5.41, 5.74) is 7.15. The van der Waals surface area contributed by atoms with E-state index < -0.39 is 0 Å².